The summed E-state index contributed by atoms with van der Waals surface area (Å²) in [5, 5.41) is 6.52. The second-order valence-corrected chi connectivity index (χ2v) is 8.27. The molecule has 0 amide bonds. The Morgan fingerprint density at radius 3 is 2.19 bits per heavy atom. The molecule has 3 rings (SSSR count). The van der Waals surface area contributed by atoms with E-state index in [9.17, 15) is 34.8 Å². The summed E-state index contributed by atoms with van der Waals surface area (Å²) in [6, 6.07) is 6.67. The van der Waals surface area contributed by atoms with Crippen molar-refractivity contribution in [1.82, 2.24) is 10.2 Å². The zero-order valence-electron chi connectivity index (χ0n) is 15.6. The lowest BCUT2D eigenvalue weighted by molar-refractivity contribution is -0.137. The molecule has 13 heteroatoms. The summed E-state index contributed by atoms with van der Waals surface area (Å²) in [7, 11) is -3.99. The average Bonchev–Trinajstić information content (AvgIpc) is 3.16. The summed E-state index contributed by atoms with van der Waals surface area (Å²) in [6.45, 7) is -0.525. The van der Waals surface area contributed by atoms with E-state index in [-0.39, 0.29) is 22.7 Å². The van der Waals surface area contributed by atoms with Gasteiger partial charge in [-0.2, -0.15) is 22.0 Å². The van der Waals surface area contributed by atoms with Crippen molar-refractivity contribution >= 4 is 15.7 Å². The number of alkyl halides is 5. The fourth-order valence-corrected chi connectivity index (χ4v) is 3.50. The van der Waals surface area contributed by atoms with Crippen LogP contribution < -0.4 is 4.31 Å². The van der Waals surface area contributed by atoms with Crippen molar-refractivity contribution in [2.45, 2.75) is 19.1 Å². The van der Waals surface area contributed by atoms with Gasteiger partial charge in [0.1, 0.15) is 5.82 Å². The maximum absolute atomic E-state index is 14.6. The third kappa shape index (κ3) is 5.16. The van der Waals surface area contributed by atoms with Crippen molar-refractivity contribution < 1.29 is 39.2 Å². The van der Waals surface area contributed by atoms with E-state index >= 15 is 0 Å². The Morgan fingerprint density at radius 1 is 1.06 bits per heavy atom. The zero-order chi connectivity index (χ0) is 23.0. The van der Waals surface area contributed by atoms with Gasteiger partial charge in [0.05, 0.1) is 24.1 Å². The molecule has 0 aliphatic rings. The van der Waals surface area contributed by atoms with E-state index in [1.165, 1.54) is 12.1 Å². The zero-order valence-corrected chi connectivity index (χ0v) is 16.4. The molecule has 0 aliphatic heterocycles. The molecule has 0 atom stereocenters. The summed E-state index contributed by atoms with van der Waals surface area (Å²) in [5.74, 6) is -2.21. The van der Waals surface area contributed by atoms with Crippen LogP contribution in [-0.2, 0) is 22.7 Å². The first-order valence-electron chi connectivity index (χ1n) is 8.41. The number of nitrogens with zero attached hydrogens (tertiary/aromatic N) is 3. The molecule has 31 heavy (non-hydrogen) atoms. The van der Waals surface area contributed by atoms with E-state index < -0.39 is 46.4 Å². The number of hydrogen-bond acceptors (Lipinski definition) is 5. The molecule has 1 heterocycles. The number of halogens is 6. The fourth-order valence-electron chi connectivity index (χ4n) is 2.62. The highest BCUT2D eigenvalue weighted by Crippen LogP contribution is 2.32. The molecule has 0 saturated heterocycles. The number of hydrogen-bond donors (Lipinski definition) is 0. The van der Waals surface area contributed by atoms with Crippen LogP contribution in [0.4, 0.5) is 32.0 Å². The van der Waals surface area contributed by atoms with Gasteiger partial charge in [0.25, 0.3) is 5.89 Å². The van der Waals surface area contributed by atoms with Crippen LogP contribution in [0.3, 0.4) is 0 Å². The van der Waals surface area contributed by atoms with Crippen molar-refractivity contribution in [2.75, 3.05) is 10.6 Å². The van der Waals surface area contributed by atoms with Crippen molar-refractivity contribution in [3.8, 4) is 11.5 Å². The second kappa shape index (κ2) is 8.21. The molecule has 2 aromatic carbocycles. The summed E-state index contributed by atoms with van der Waals surface area (Å²) >= 11 is 0. The molecule has 0 fully saturated rings. The monoisotopic (exact) mass is 465 g/mol. The first kappa shape index (κ1) is 22.6. The largest absolute Gasteiger partial charge is 0.416 e. The van der Waals surface area contributed by atoms with Crippen molar-refractivity contribution in [2.24, 2.45) is 0 Å². The minimum absolute atomic E-state index is 0.0129. The molecular formula is C18H13F6N3O3S. The Kier molecular flexibility index (Phi) is 5.98. The Bertz CT molecular complexity index is 1180. The van der Waals surface area contributed by atoms with Crippen molar-refractivity contribution in [3.63, 3.8) is 0 Å². The summed E-state index contributed by atoms with van der Waals surface area (Å²) < 4.78 is 108. The highest BCUT2D eigenvalue weighted by atomic mass is 32.2. The normalized spacial score (nSPS) is 12.4. The maximum Gasteiger partial charge on any atom is 0.416 e. The topological polar surface area (TPSA) is 76.3 Å². The molecule has 6 nitrogen and oxygen atoms in total. The van der Waals surface area contributed by atoms with Crippen LogP contribution in [0.2, 0.25) is 0 Å². The fraction of sp³-hybridized carbons (Fsp3) is 0.222. The molecule has 0 spiro atoms. The molecule has 0 unspecified atom stereocenters. The van der Waals surface area contributed by atoms with E-state index in [0.29, 0.717) is 12.1 Å². The number of rotatable bonds is 6. The van der Waals surface area contributed by atoms with Crippen molar-refractivity contribution in [3.05, 3.63) is 65.3 Å². The SMILES string of the molecule is CS(=O)(=O)N(Cc1ccc(-c2nnc(C(F)F)o2)cc1F)c1ccc(C(F)(F)F)cc1. The van der Waals surface area contributed by atoms with Gasteiger partial charge in [-0.05, 0) is 36.4 Å². The number of anilines is 1. The highest BCUT2D eigenvalue weighted by molar-refractivity contribution is 7.92. The number of aromatic nitrogens is 2. The lowest BCUT2D eigenvalue weighted by Crippen LogP contribution is -2.29. The Balaban J connectivity index is 1.90. The van der Waals surface area contributed by atoms with E-state index in [2.05, 4.69) is 10.2 Å². The molecular weight excluding hydrogens is 452 g/mol. The lowest BCUT2D eigenvalue weighted by Gasteiger charge is -2.23. The predicted molar refractivity (Wildman–Crippen MR) is 97.1 cm³/mol. The van der Waals surface area contributed by atoms with E-state index in [4.69, 9.17) is 4.42 Å². The minimum Gasteiger partial charge on any atom is -0.415 e. The van der Waals surface area contributed by atoms with Crippen molar-refractivity contribution in [1.29, 1.82) is 0 Å². The van der Waals surface area contributed by atoms with Crippen LogP contribution in [0.5, 0.6) is 0 Å². The average molecular weight is 465 g/mol. The van der Waals surface area contributed by atoms with Gasteiger partial charge in [0, 0.05) is 11.1 Å². The third-order valence-electron chi connectivity index (χ3n) is 4.12. The molecule has 3 aromatic rings. The van der Waals surface area contributed by atoms with Gasteiger partial charge in [0.15, 0.2) is 0 Å². The first-order valence-corrected chi connectivity index (χ1v) is 10.3. The van der Waals surface area contributed by atoms with Crippen LogP contribution in [-0.4, -0.2) is 24.9 Å². The van der Waals surface area contributed by atoms with Crippen LogP contribution in [0.15, 0.2) is 46.9 Å². The van der Waals surface area contributed by atoms with Gasteiger partial charge in [-0.25, -0.2) is 12.8 Å². The maximum atomic E-state index is 14.6. The second-order valence-electron chi connectivity index (χ2n) is 6.37. The molecule has 0 N–H and O–H groups in total. The van der Waals surface area contributed by atoms with Gasteiger partial charge >= 0.3 is 12.6 Å². The van der Waals surface area contributed by atoms with E-state index in [1.807, 2.05) is 0 Å². The van der Waals surface area contributed by atoms with Crippen LogP contribution >= 0.6 is 0 Å². The summed E-state index contributed by atoms with van der Waals surface area (Å²) in [6.07, 6.45) is -6.78. The Hall–Kier alpha value is -3.09. The number of sulfonamides is 1. The first-order chi connectivity index (χ1) is 14.4. The van der Waals surface area contributed by atoms with Gasteiger partial charge in [-0.1, -0.05) is 6.07 Å². The molecule has 0 radical (unpaired) electrons. The van der Waals surface area contributed by atoms with Gasteiger partial charge in [-0.15, -0.1) is 10.2 Å². The Labute approximate surface area is 172 Å². The molecule has 0 aliphatic carbocycles. The van der Waals surface area contributed by atoms with E-state index in [1.54, 1.807) is 0 Å². The molecule has 166 valence electrons. The van der Waals surface area contributed by atoms with Gasteiger partial charge in [0.2, 0.25) is 15.9 Å². The predicted octanol–water partition coefficient (Wildman–Crippen LogP) is 4.80. The van der Waals surface area contributed by atoms with Crippen LogP contribution in [0.1, 0.15) is 23.4 Å². The summed E-state index contributed by atoms with van der Waals surface area (Å²) in [5.41, 5.74) is -1.20. The van der Waals surface area contributed by atoms with Gasteiger partial charge < -0.3 is 4.42 Å². The molecule has 1 aromatic heterocycles. The quantitative estimate of drug-likeness (QED) is 0.489. The van der Waals surface area contributed by atoms with Crippen LogP contribution in [0, 0.1) is 5.82 Å². The Morgan fingerprint density at radius 2 is 1.71 bits per heavy atom. The lowest BCUT2D eigenvalue weighted by atomic mass is 10.1. The third-order valence-corrected chi connectivity index (χ3v) is 5.26. The summed E-state index contributed by atoms with van der Waals surface area (Å²) in [4.78, 5) is 0. The standard InChI is InChI=1S/C18H13F6N3O3S/c1-31(28,29)27(13-6-4-12(5-7-13)18(22,23)24)9-11-3-2-10(8-14(11)19)16-25-26-17(30-16)15(20)21/h2-8,15H,9H2,1H3. The number of benzene rings is 2. The smallest absolute Gasteiger partial charge is 0.415 e. The van der Waals surface area contributed by atoms with Gasteiger partial charge in [-0.3, -0.25) is 4.31 Å². The van der Waals surface area contributed by atoms with Crippen LogP contribution in [0.25, 0.3) is 11.5 Å². The van der Waals surface area contributed by atoms with E-state index in [0.717, 1.165) is 28.8 Å². The molecule has 0 bridgehead atoms. The highest BCUT2D eigenvalue weighted by Gasteiger charge is 2.30. The minimum atomic E-state index is -4.60. The molecule has 0 saturated carbocycles.